The Hall–Kier alpha value is 3.34. The van der Waals surface area contributed by atoms with Crippen molar-refractivity contribution in [1.82, 2.24) is 0 Å². The van der Waals surface area contributed by atoms with E-state index in [9.17, 15) is 14.4 Å². The molecule has 0 heterocycles. The minimum Gasteiger partial charge on any atom is -0.788 e. The van der Waals surface area contributed by atoms with Crippen LogP contribution in [0.4, 0.5) is 0 Å². The van der Waals surface area contributed by atoms with Crippen molar-refractivity contribution in [2.24, 2.45) is 0 Å². The first-order valence-electron chi connectivity index (χ1n) is 11.9. The first-order valence-corrected chi connectivity index (χ1v) is 13.3. The maximum atomic E-state index is 10.6. The molecule has 0 radical (unpaired) electrons. The van der Waals surface area contributed by atoms with Gasteiger partial charge in [-0.05, 0) is 12.8 Å². The first-order chi connectivity index (χ1) is 13.5. The van der Waals surface area contributed by atoms with Crippen LogP contribution in [0.15, 0.2) is 0 Å². The van der Waals surface area contributed by atoms with E-state index >= 15 is 0 Å². The largest absolute Gasteiger partial charge is 1.00 e. The minimum atomic E-state index is -5.06. The number of rotatable bonds is 22. The van der Waals surface area contributed by atoms with Crippen LogP contribution in [0, 0.1) is 0 Å². The van der Waals surface area contributed by atoms with Gasteiger partial charge in [-0.15, -0.1) is 0 Å². The first kappa shape index (κ1) is 37.9. The molecule has 0 rings (SSSR count). The summed E-state index contributed by atoms with van der Waals surface area (Å²) in [7, 11) is -5.06. The number of hydrogen-bond acceptors (Lipinski definition) is 5. The van der Waals surface area contributed by atoms with Crippen LogP contribution < -0.4 is 113 Å². The fourth-order valence-corrected chi connectivity index (χ4v) is 3.77. The van der Waals surface area contributed by atoms with Crippen LogP contribution in [-0.4, -0.2) is 6.10 Å². The van der Waals surface area contributed by atoms with Crippen molar-refractivity contribution in [3.05, 3.63) is 0 Å². The number of unbranched alkanes of at least 4 members (excludes halogenated alkanes) is 15. The van der Waals surface area contributed by atoms with Gasteiger partial charge in [-0.2, -0.15) is 0 Å². The van der Waals surface area contributed by atoms with E-state index in [0.717, 1.165) is 51.4 Å². The number of hydrogen-bond donors (Lipinski definition) is 0. The van der Waals surface area contributed by atoms with E-state index in [1.807, 2.05) is 0 Å². The molecule has 0 amide bonds. The van der Waals surface area contributed by atoms with Crippen LogP contribution >= 0.6 is 7.82 Å². The molecule has 0 spiro atoms. The van der Waals surface area contributed by atoms with Gasteiger partial charge >= 0.3 is 103 Å². The molecule has 0 aromatic heterocycles. The fraction of sp³-hybridized carbons (Fsp3) is 1.00. The third-order valence-electron chi connectivity index (χ3n) is 5.28. The molecular formula is C22H45K2O5P. The molecule has 0 saturated heterocycles. The average molecular weight is 499 g/mol. The summed E-state index contributed by atoms with van der Waals surface area (Å²) in [6.45, 7) is 4.40. The SMILES string of the molecule is CCCCCCCCCCCCCCCC(CCCCCC)OOP(=O)([O-])[O-].[K+].[K+]. The summed E-state index contributed by atoms with van der Waals surface area (Å²) < 4.78 is 14.7. The van der Waals surface area contributed by atoms with E-state index in [0.29, 0.717) is 0 Å². The Kier molecular flexibility index (Phi) is 36.1. The van der Waals surface area contributed by atoms with E-state index in [1.54, 1.807) is 0 Å². The van der Waals surface area contributed by atoms with Crippen molar-refractivity contribution in [3.63, 3.8) is 0 Å². The van der Waals surface area contributed by atoms with Crippen molar-refractivity contribution in [2.45, 2.75) is 142 Å². The zero-order valence-electron chi connectivity index (χ0n) is 20.5. The molecule has 0 saturated carbocycles. The van der Waals surface area contributed by atoms with Crippen LogP contribution in [-0.2, 0) is 14.1 Å². The molecule has 1 atom stereocenters. The van der Waals surface area contributed by atoms with E-state index < -0.39 is 7.82 Å². The molecule has 170 valence electrons. The van der Waals surface area contributed by atoms with Gasteiger partial charge in [0.05, 0.1) is 6.10 Å². The molecule has 0 aromatic rings. The summed E-state index contributed by atoms with van der Waals surface area (Å²) >= 11 is 0. The smallest absolute Gasteiger partial charge is 0.788 e. The van der Waals surface area contributed by atoms with Gasteiger partial charge in [-0.1, -0.05) is 123 Å². The van der Waals surface area contributed by atoms with Crippen molar-refractivity contribution in [3.8, 4) is 0 Å². The molecule has 1 unspecified atom stereocenters. The summed E-state index contributed by atoms with van der Waals surface area (Å²) in [4.78, 5) is 26.2. The van der Waals surface area contributed by atoms with Crippen LogP contribution in [0.3, 0.4) is 0 Å². The summed E-state index contributed by atoms with van der Waals surface area (Å²) in [5, 5.41) is 0. The average Bonchev–Trinajstić information content (AvgIpc) is 2.65. The zero-order chi connectivity index (χ0) is 20.9. The Morgan fingerprint density at radius 1 is 0.600 bits per heavy atom. The second-order valence-electron chi connectivity index (χ2n) is 8.12. The second kappa shape index (κ2) is 28.6. The second-order valence-corrected chi connectivity index (χ2v) is 9.16. The monoisotopic (exact) mass is 498 g/mol. The van der Waals surface area contributed by atoms with Gasteiger partial charge in [-0.3, -0.25) is 0 Å². The molecule has 0 aliphatic rings. The Balaban J connectivity index is -0.00000364. The zero-order valence-corrected chi connectivity index (χ0v) is 27.6. The van der Waals surface area contributed by atoms with E-state index in [1.165, 1.54) is 70.6 Å². The summed E-state index contributed by atoms with van der Waals surface area (Å²) in [5.41, 5.74) is 0. The van der Waals surface area contributed by atoms with E-state index in [2.05, 4.69) is 18.5 Å². The Morgan fingerprint density at radius 2 is 0.900 bits per heavy atom. The van der Waals surface area contributed by atoms with Gasteiger partial charge in [0.25, 0.3) is 0 Å². The Morgan fingerprint density at radius 3 is 1.23 bits per heavy atom. The molecule has 0 N–H and O–H groups in total. The van der Waals surface area contributed by atoms with Crippen molar-refractivity contribution < 1.29 is 127 Å². The predicted octanol–water partition coefficient (Wildman–Crippen LogP) is 0.592. The molecule has 0 fully saturated rings. The van der Waals surface area contributed by atoms with Crippen molar-refractivity contribution in [2.75, 3.05) is 0 Å². The van der Waals surface area contributed by atoms with E-state index in [4.69, 9.17) is 4.89 Å². The van der Waals surface area contributed by atoms with Gasteiger partial charge in [0.2, 0.25) is 0 Å². The molecule has 0 aromatic carbocycles. The van der Waals surface area contributed by atoms with Gasteiger partial charge in [0, 0.05) is 0 Å². The Bertz CT molecular complexity index is 369. The molecule has 5 nitrogen and oxygen atoms in total. The summed E-state index contributed by atoms with van der Waals surface area (Å²) in [6, 6.07) is 0. The van der Waals surface area contributed by atoms with Crippen LogP contribution in [0.1, 0.15) is 136 Å². The maximum absolute atomic E-state index is 10.6. The molecular weight excluding hydrogens is 453 g/mol. The third kappa shape index (κ3) is 31.3. The van der Waals surface area contributed by atoms with Gasteiger partial charge in [-0.25, -0.2) is 9.56 Å². The summed E-state index contributed by atoms with van der Waals surface area (Å²) in [6.07, 6.45) is 22.5. The molecule has 0 aliphatic carbocycles. The maximum Gasteiger partial charge on any atom is 1.00 e. The van der Waals surface area contributed by atoms with Crippen molar-refractivity contribution >= 4 is 7.82 Å². The van der Waals surface area contributed by atoms with Crippen LogP contribution in [0.5, 0.6) is 0 Å². The van der Waals surface area contributed by atoms with Gasteiger partial charge in [0.15, 0.2) is 0 Å². The van der Waals surface area contributed by atoms with Crippen molar-refractivity contribution in [1.29, 1.82) is 0 Å². The Labute approximate surface area is 272 Å². The number of phosphoric acid groups is 1. The van der Waals surface area contributed by atoms with Crippen LogP contribution in [0.25, 0.3) is 0 Å². The summed E-state index contributed by atoms with van der Waals surface area (Å²) in [5.74, 6) is 0. The third-order valence-corrected chi connectivity index (χ3v) is 5.55. The van der Waals surface area contributed by atoms with Gasteiger partial charge < -0.3 is 14.4 Å². The van der Waals surface area contributed by atoms with E-state index in [-0.39, 0.29) is 109 Å². The molecule has 30 heavy (non-hydrogen) atoms. The normalized spacial score (nSPS) is 12.3. The van der Waals surface area contributed by atoms with Crippen LogP contribution in [0.2, 0.25) is 0 Å². The minimum absolute atomic E-state index is 0. The molecule has 0 aliphatic heterocycles. The topological polar surface area (TPSA) is 81.7 Å². The predicted molar refractivity (Wildman–Crippen MR) is 113 cm³/mol. The molecule has 0 bridgehead atoms. The standard InChI is InChI=1S/C22H47O5P.2K/c1-3-5-7-9-10-11-12-13-14-15-16-17-19-21-22(20-18-8-6-4-2)26-27-28(23,24)25;;/h22H,3-21H2,1-2H3,(H2,23,24,25);;/q;2*+1/p-2. The quantitative estimate of drug-likeness (QED) is 0.0718. The van der Waals surface area contributed by atoms with Gasteiger partial charge in [0.1, 0.15) is 7.82 Å². The molecule has 8 heteroatoms. The fourth-order valence-electron chi connectivity index (χ4n) is 3.54.